The summed E-state index contributed by atoms with van der Waals surface area (Å²) in [6.45, 7) is 4.30. The van der Waals surface area contributed by atoms with Crippen LogP contribution >= 0.6 is 22.9 Å². The van der Waals surface area contributed by atoms with Crippen molar-refractivity contribution in [3.05, 3.63) is 50.9 Å². The smallest absolute Gasteiger partial charge is 0.341 e. The molecule has 0 fully saturated rings. The fourth-order valence-corrected chi connectivity index (χ4v) is 5.06. The standard InChI is InChI=1S/C21H24ClNO3S/c1-3-13-9-10-15-17(11-13)27-20(19(15)21(25)26-4-2)23-18(24)12-14-7-5-6-8-16(14)22/h5-8,13H,3-4,9-12H2,1-2H3,(H,23,24). The number of ether oxygens (including phenoxy) is 1. The summed E-state index contributed by atoms with van der Waals surface area (Å²) in [5.41, 5.74) is 2.36. The molecule has 6 heteroatoms. The first-order valence-electron chi connectivity index (χ1n) is 9.38. The van der Waals surface area contributed by atoms with E-state index in [0.29, 0.717) is 28.1 Å². The Hall–Kier alpha value is -1.85. The van der Waals surface area contributed by atoms with E-state index < -0.39 is 0 Å². The highest BCUT2D eigenvalue weighted by Crippen LogP contribution is 2.40. The predicted octanol–water partition coefficient (Wildman–Crippen LogP) is 5.27. The van der Waals surface area contributed by atoms with Crippen molar-refractivity contribution in [1.29, 1.82) is 0 Å². The van der Waals surface area contributed by atoms with Gasteiger partial charge in [-0.1, -0.05) is 43.1 Å². The SMILES string of the molecule is CCOC(=O)c1c(NC(=O)Cc2ccccc2Cl)sc2c1CCC(CC)C2. The van der Waals surface area contributed by atoms with Crippen LogP contribution < -0.4 is 5.32 Å². The number of hydrogen-bond acceptors (Lipinski definition) is 4. The van der Waals surface area contributed by atoms with Crippen LogP contribution in [-0.2, 0) is 28.8 Å². The summed E-state index contributed by atoms with van der Waals surface area (Å²) in [6, 6.07) is 7.29. The second-order valence-electron chi connectivity index (χ2n) is 6.76. The van der Waals surface area contributed by atoms with Crippen LogP contribution in [0.15, 0.2) is 24.3 Å². The number of carbonyl (C=O) groups excluding carboxylic acids is 2. The molecule has 27 heavy (non-hydrogen) atoms. The van der Waals surface area contributed by atoms with Crippen LogP contribution in [0.25, 0.3) is 0 Å². The number of benzene rings is 1. The number of anilines is 1. The van der Waals surface area contributed by atoms with Crippen molar-refractivity contribution in [3.63, 3.8) is 0 Å². The van der Waals surface area contributed by atoms with Crippen molar-refractivity contribution >= 4 is 39.8 Å². The number of halogens is 1. The van der Waals surface area contributed by atoms with E-state index in [1.165, 1.54) is 16.2 Å². The third-order valence-corrected chi connectivity index (χ3v) is 6.52. The van der Waals surface area contributed by atoms with Crippen molar-refractivity contribution in [2.75, 3.05) is 11.9 Å². The first kappa shape index (κ1) is 19.9. The highest BCUT2D eigenvalue weighted by atomic mass is 35.5. The molecule has 1 unspecified atom stereocenters. The average molecular weight is 406 g/mol. The molecular weight excluding hydrogens is 382 g/mol. The minimum Gasteiger partial charge on any atom is -0.462 e. The molecule has 0 radical (unpaired) electrons. The molecular formula is C21H24ClNO3S. The van der Waals surface area contributed by atoms with Gasteiger partial charge in [0.1, 0.15) is 5.00 Å². The molecule has 1 aliphatic carbocycles. The second kappa shape index (κ2) is 8.89. The van der Waals surface area contributed by atoms with Crippen molar-refractivity contribution < 1.29 is 14.3 Å². The lowest BCUT2D eigenvalue weighted by Gasteiger charge is -2.20. The van der Waals surface area contributed by atoms with Gasteiger partial charge in [0.05, 0.1) is 18.6 Å². The van der Waals surface area contributed by atoms with Gasteiger partial charge in [0.25, 0.3) is 0 Å². The third kappa shape index (κ3) is 4.53. The van der Waals surface area contributed by atoms with E-state index in [1.54, 1.807) is 13.0 Å². The molecule has 0 bridgehead atoms. The van der Waals surface area contributed by atoms with E-state index in [2.05, 4.69) is 12.2 Å². The largest absolute Gasteiger partial charge is 0.462 e. The molecule has 0 saturated heterocycles. The van der Waals surface area contributed by atoms with Crippen LogP contribution in [0.3, 0.4) is 0 Å². The zero-order chi connectivity index (χ0) is 19.4. The number of thiophene rings is 1. The molecule has 1 aromatic heterocycles. The van der Waals surface area contributed by atoms with Crippen LogP contribution in [0.1, 0.15) is 53.1 Å². The Morgan fingerprint density at radius 2 is 2.07 bits per heavy atom. The summed E-state index contributed by atoms with van der Waals surface area (Å²) in [4.78, 5) is 26.3. The highest BCUT2D eigenvalue weighted by molar-refractivity contribution is 7.17. The molecule has 144 valence electrons. The Morgan fingerprint density at radius 1 is 1.30 bits per heavy atom. The van der Waals surface area contributed by atoms with Crippen LogP contribution in [0.5, 0.6) is 0 Å². The minimum absolute atomic E-state index is 0.169. The summed E-state index contributed by atoms with van der Waals surface area (Å²) in [6.07, 6.45) is 4.18. The molecule has 1 amide bonds. The second-order valence-corrected chi connectivity index (χ2v) is 8.27. The van der Waals surface area contributed by atoms with Gasteiger partial charge in [-0.25, -0.2) is 4.79 Å². The molecule has 0 saturated carbocycles. The predicted molar refractivity (Wildman–Crippen MR) is 110 cm³/mol. The molecule has 0 aliphatic heterocycles. The quantitative estimate of drug-likeness (QED) is 0.665. The minimum atomic E-state index is -0.349. The zero-order valence-corrected chi connectivity index (χ0v) is 17.2. The molecule has 1 aliphatic rings. The molecule has 4 nitrogen and oxygen atoms in total. The Balaban J connectivity index is 1.85. The van der Waals surface area contributed by atoms with Crippen molar-refractivity contribution in [2.45, 2.75) is 46.0 Å². The van der Waals surface area contributed by atoms with Crippen LogP contribution in [0.2, 0.25) is 5.02 Å². The summed E-state index contributed by atoms with van der Waals surface area (Å²) in [7, 11) is 0. The highest BCUT2D eigenvalue weighted by Gasteiger charge is 2.29. The first-order valence-corrected chi connectivity index (χ1v) is 10.6. The topological polar surface area (TPSA) is 55.4 Å². The summed E-state index contributed by atoms with van der Waals surface area (Å²) in [5.74, 6) is 0.107. The monoisotopic (exact) mass is 405 g/mol. The van der Waals surface area contributed by atoms with E-state index in [-0.39, 0.29) is 18.3 Å². The number of esters is 1. The van der Waals surface area contributed by atoms with E-state index in [1.807, 2.05) is 18.2 Å². The van der Waals surface area contributed by atoms with E-state index in [4.69, 9.17) is 16.3 Å². The maximum absolute atomic E-state index is 12.6. The van der Waals surface area contributed by atoms with Gasteiger partial charge in [-0.3, -0.25) is 4.79 Å². The van der Waals surface area contributed by atoms with Crippen LogP contribution in [-0.4, -0.2) is 18.5 Å². The van der Waals surface area contributed by atoms with Crippen molar-refractivity contribution in [2.24, 2.45) is 5.92 Å². The fourth-order valence-electron chi connectivity index (χ4n) is 3.50. The van der Waals surface area contributed by atoms with Gasteiger partial charge >= 0.3 is 5.97 Å². The molecule has 1 heterocycles. The van der Waals surface area contributed by atoms with E-state index >= 15 is 0 Å². The van der Waals surface area contributed by atoms with E-state index in [9.17, 15) is 9.59 Å². The third-order valence-electron chi connectivity index (χ3n) is 4.99. The lowest BCUT2D eigenvalue weighted by atomic mass is 9.85. The van der Waals surface area contributed by atoms with Gasteiger partial charge in [0, 0.05) is 9.90 Å². The molecule has 1 aromatic carbocycles. The lowest BCUT2D eigenvalue weighted by Crippen LogP contribution is -2.18. The van der Waals surface area contributed by atoms with Gasteiger partial charge < -0.3 is 10.1 Å². The normalized spacial score (nSPS) is 15.9. The number of rotatable bonds is 6. The number of nitrogens with one attached hydrogen (secondary N) is 1. The molecule has 3 rings (SSSR count). The summed E-state index contributed by atoms with van der Waals surface area (Å²) >= 11 is 7.67. The Labute approximate surface area is 168 Å². The average Bonchev–Trinajstić information content (AvgIpc) is 3.00. The summed E-state index contributed by atoms with van der Waals surface area (Å²) in [5, 5.41) is 4.10. The van der Waals surface area contributed by atoms with Gasteiger partial charge in [-0.05, 0) is 49.3 Å². The number of amides is 1. The number of fused-ring (bicyclic) bond motifs is 1. The van der Waals surface area contributed by atoms with Crippen molar-refractivity contribution in [1.82, 2.24) is 0 Å². The Morgan fingerprint density at radius 3 is 2.78 bits per heavy atom. The van der Waals surface area contributed by atoms with Gasteiger partial charge in [-0.2, -0.15) is 0 Å². The molecule has 2 aromatic rings. The lowest BCUT2D eigenvalue weighted by molar-refractivity contribution is -0.115. The molecule has 1 N–H and O–H groups in total. The van der Waals surface area contributed by atoms with Crippen molar-refractivity contribution in [3.8, 4) is 0 Å². The van der Waals surface area contributed by atoms with Gasteiger partial charge in [-0.15, -0.1) is 11.3 Å². The summed E-state index contributed by atoms with van der Waals surface area (Å²) < 4.78 is 5.26. The molecule has 0 spiro atoms. The first-order chi connectivity index (χ1) is 13.0. The maximum Gasteiger partial charge on any atom is 0.341 e. The Kier molecular flexibility index (Phi) is 6.55. The van der Waals surface area contributed by atoms with Gasteiger partial charge in [0.15, 0.2) is 0 Å². The fraction of sp³-hybridized carbons (Fsp3) is 0.429. The number of carbonyl (C=O) groups is 2. The Bertz CT molecular complexity index is 846. The zero-order valence-electron chi connectivity index (χ0n) is 15.6. The maximum atomic E-state index is 12.6. The van der Waals surface area contributed by atoms with Crippen LogP contribution in [0.4, 0.5) is 5.00 Å². The van der Waals surface area contributed by atoms with Gasteiger partial charge in [0.2, 0.25) is 5.91 Å². The van der Waals surface area contributed by atoms with E-state index in [0.717, 1.165) is 36.8 Å². The van der Waals surface area contributed by atoms with Crippen LogP contribution in [0, 0.1) is 5.92 Å². The molecule has 1 atom stereocenters. The number of hydrogen-bond donors (Lipinski definition) is 1.